The van der Waals surface area contributed by atoms with Gasteiger partial charge >= 0.3 is 0 Å². The van der Waals surface area contributed by atoms with E-state index in [0.717, 1.165) is 28.4 Å². The van der Waals surface area contributed by atoms with Crippen LogP contribution in [0, 0.1) is 0 Å². The maximum absolute atomic E-state index is 12.8. The van der Waals surface area contributed by atoms with E-state index in [1.165, 1.54) is 10.5 Å². The van der Waals surface area contributed by atoms with Crippen LogP contribution in [0.1, 0.15) is 12.5 Å². The number of hydrogen-bond donors (Lipinski definition) is 1. The maximum atomic E-state index is 12.8. The van der Waals surface area contributed by atoms with Gasteiger partial charge in [-0.3, -0.25) is 15.0 Å². The van der Waals surface area contributed by atoms with Gasteiger partial charge in [0, 0.05) is 28.4 Å². The number of carbonyl (C=O) groups excluding carboxylic acids is 2. The van der Waals surface area contributed by atoms with Crippen molar-refractivity contribution >= 4 is 45.4 Å². The highest BCUT2D eigenvalue weighted by molar-refractivity contribution is 6.31. The fraction of sp³-hybridized carbons (Fsp3) is 0.0833. The van der Waals surface area contributed by atoms with E-state index in [1.54, 1.807) is 18.2 Å². The molecule has 142 valence electrons. The molecule has 2 amide bonds. The third-order valence-corrected chi connectivity index (χ3v) is 5.33. The van der Waals surface area contributed by atoms with Crippen LogP contribution in [0.3, 0.4) is 0 Å². The Bertz CT molecular complexity index is 1300. The average molecular weight is 381 g/mol. The molecule has 5 rings (SSSR count). The van der Waals surface area contributed by atoms with Crippen LogP contribution in [0.2, 0.25) is 0 Å². The van der Waals surface area contributed by atoms with Crippen LogP contribution in [0.5, 0.6) is 0 Å². The smallest absolute Gasteiger partial charge is 0.282 e. The molecule has 29 heavy (non-hydrogen) atoms. The van der Waals surface area contributed by atoms with Crippen molar-refractivity contribution in [1.29, 1.82) is 0 Å². The summed E-state index contributed by atoms with van der Waals surface area (Å²) in [6.45, 7) is 3.00. The standard InChI is InChI=1S/C24H19N3O2/c1-2-26-21-11-7-6-10-18(21)19-14-16(12-13-22(19)26)15-20-23(28)25-27(24(20)29)17-8-4-3-5-9-17/h3-15H,2H2,1H3,(H,25,28). The second-order valence-electron chi connectivity index (χ2n) is 7.01. The van der Waals surface area contributed by atoms with Crippen molar-refractivity contribution in [2.24, 2.45) is 0 Å². The number of aromatic nitrogens is 1. The highest BCUT2D eigenvalue weighted by atomic mass is 16.2. The van der Waals surface area contributed by atoms with Gasteiger partial charge in [-0.25, -0.2) is 5.01 Å². The largest absolute Gasteiger partial charge is 0.341 e. The molecule has 1 saturated heterocycles. The quantitative estimate of drug-likeness (QED) is 0.425. The summed E-state index contributed by atoms with van der Waals surface area (Å²) in [5.41, 5.74) is 6.56. The van der Waals surface area contributed by atoms with Crippen LogP contribution in [-0.4, -0.2) is 16.4 Å². The summed E-state index contributed by atoms with van der Waals surface area (Å²) in [5.74, 6) is -0.743. The molecule has 0 radical (unpaired) electrons. The number of benzene rings is 3. The molecule has 0 bridgehead atoms. The van der Waals surface area contributed by atoms with Gasteiger partial charge in [0.15, 0.2) is 0 Å². The fourth-order valence-corrected chi connectivity index (χ4v) is 3.98. The lowest BCUT2D eigenvalue weighted by molar-refractivity contribution is -0.117. The van der Waals surface area contributed by atoms with Crippen LogP contribution >= 0.6 is 0 Å². The Kier molecular flexibility index (Phi) is 3.95. The number of rotatable bonds is 3. The SMILES string of the molecule is CCn1c2ccccc2c2cc(C=C3C(=O)NN(c4ccccc4)C3=O)ccc21. The predicted octanol–water partition coefficient (Wildman–Crippen LogP) is 4.28. The van der Waals surface area contributed by atoms with Gasteiger partial charge in [-0.1, -0.05) is 42.5 Å². The van der Waals surface area contributed by atoms with Crippen LogP contribution in [0.25, 0.3) is 27.9 Å². The first kappa shape index (κ1) is 17.3. The summed E-state index contributed by atoms with van der Waals surface area (Å²) in [5, 5.41) is 3.57. The highest BCUT2D eigenvalue weighted by Crippen LogP contribution is 2.30. The van der Waals surface area contributed by atoms with Gasteiger partial charge in [-0.15, -0.1) is 0 Å². The maximum Gasteiger partial charge on any atom is 0.282 e. The molecule has 3 aromatic carbocycles. The number of fused-ring (bicyclic) bond motifs is 3. The van der Waals surface area contributed by atoms with Crippen molar-refractivity contribution in [3.63, 3.8) is 0 Å². The molecule has 0 aliphatic carbocycles. The molecule has 1 aromatic heterocycles. The molecule has 0 unspecified atom stereocenters. The van der Waals surface area contributed by atoms with Crippen LogP contribution in [0.15, 0.2) is 78.4 Å². The van der Waals surface area contributed by atoms with E-state index in [9.17, 15) is 9.59 Å². The molecule has 4 aromatic rings. The molecule has 1 N–H and O–H groups in total. The van der Waals surface area contributed by atoms with Gasteiger partial charge in [0.2, 0.25) is 0 Å². The van der Waals surface area contributed by atoms with E-state index in [4.69, 9.17) is 0 Å². The molecule has 2 heterocycles. The average Bonchev–Trinajstić information content (AvgIpc) is 3.23. The molecule has 0 spiro atoms. The highest BCUT2D eigenvalue weighted by Gasteiger charge is 2.34. The van der Waals surface area contributed by atoms with Crippen molar-refractivity contribution in [2.75, 3.05) is 5.01 Å². The monoisotopic (exact) mass is 381 g/mol. The number of para-hydroxylation sites is 2. The van der Waals surface area contributed by atoms with Crippen molar-refractivity contribution in [3.8, 4) is 0 Å². The fourth-order valence-electron chi connectivity index (χ4n) is 3.98. The molecular formula is C24H19N3O2. The second kappa shape index (κ2) is 6.63. The number of anilines is 1. The first-order valence-electron chi connectivity index (χ1n) is 9.60. The Labute approximate surface area is 167 Å². The summed E-state index contributed by atoms with van der Waals surface area (Å²) < 4.78 is 2.27. The molecule has 0 saturated carbocycles. The first-order valence-corrected chi connectivity index (χ1v) is 9.60. The lowest BCUT2D eigenvalue weighted by Crippen LogP contribution is -2.35. The third kappa shape index (κ3) is 2.70. The predicted molar refractivity (Wildman–Crippen MR) is 115 cm³/mol. The number of nitrogens with zero attached hydrogens (tertiary/aromatic N) is 2. The van der Waals surface area contributed by atoms with Crippen LogP contribution in [0.4, 0.5) is 5.69 Å². The molecule has 1 aliphatic rings. The van der Waals surface area contributed by atoms with Crippen molar-refractivity contribution in [1.82, 2.24) is 9.99 Å². The normalized spacial score (nSPS) is 15.6. The van der Waals surface area contributed by atoms with Crippen molar-refractivity contribution in [3.05, 3.63) is 83.9 Å². The zero-order valence-electron chi connectivity index (χ0n) is 15.9. The third-order valence-electron chi connectivity index (χ3n) is 5.33. The lowest BCUT2D eigenvalue weighted by Gasteiger charge is -2.13. The summed E-state index contributed by atoms with van der Waals surface area (Å²) >= 11 is 0. The van der Waals surface area contributed by atoms with Gasteiger partial charge in [-0.2, -0.15) is 0 Å². The minimum Gasteiger partial charge on any atom is -0.341 e. The second-order valence-corrected chi connectivity index (χ2v) is 7.01. The number of aryl methyl sites for hydroxylation is 1. The zero-order valence-corrected chi connectivity index (χ0v) is 15.9. The molecule has 1 aliphatic heterocycles. The van der Waals surface area contributed by atoms with Gasteiger partial charge in [0.05, 0.1) is 5.69 Å². The molecule has 5 nitrogen and oxygen atoms in total. The van der Waals surface area contributed by atoms with E-state index in [0.29, 0.717) is 5.69 Å². The van der Waals surface area contributed by atoms with Crippen molar-refractivity contribution < 1.29 is 9.59 Å². The first-order chi connectivity index (χ1) is 14.2. The van der Waals surface area contributed by atoms with E-state index in [2.05, 4.69) is 35.1 Å². The minimum atomic E-state index is -0.394. The topological polar surface area (TPSA) is 54.3 Å². The number of carbonyl (C=O) groups is 2. The number of hydrazine groups is 1. The number of nitrogens with one attached hydrogen (secondary N) is 1. The Morgan fingerprint density at radius 1 is 0.862 bits per heavy atom. The van der Waals surface area contributed by atoms with Crippen LogP contribution < -0.4 is 10.4 Å². The summed E-state index contributed by atoms with van der Waals surface area (Å²) in [6, 6.07) is 23.4. The van der Waals surface area contributed by atoms with E-state index in [1.807, 2.05) is 42.5 Å². The summed E-state index contributed by atoms with van der Waals surface area (Å²) in [4.78, 5) is 25.3. The molecule has 5 heteroatoms. The number of hydrogen-bond acceptors (Lipinski definition) is 2. The van der Waals surface area contributed by atoms with Gasteiger partial charge in [0.25, 0.3) is 11.8 Å². The molecular weight excluding hydrogens is 362 g/mol. The van der Waals surface area contributed by atoms with Gasteiger partial charge in [-0.05, 0) is 48.9 Å². The van der Waals surface area contributed by atoms with E-state index < -0.39 is 5.91 Å². The Morgan fingerprint density at radius 2 is 1.59 bits per heavy atom. The Balaban J connectivity index is 1.59. The molecule has 0 atom stereocenters. The summed E-state index contributed by atoms with van der Waals surface area (Å²) in [6.07, 6.45) is 1.66. The zero-order chi connectivity index (χ0) is 20.0. The van der Waals surface area contributed by atoms with E-state index >= 15 is 0 Å². The number of amides is 2. The Morgan fingerprint density at radius 3 is 2.38 bits per heavy atom. The van der Waals surface area contributed by atoms with Gasteiger partial charge < -0.3 is 4.57 Å². The van der Waals surface area contributed by atoms with Gasteiger partial charge in [0.1, 0.15) is 5.57 Å². The van der Waals surface area contributed by atoms with Crippen LogP contribution in [-0.2, 0) is 16.1 Å². The molecule has 1 fully saturated rings. The lowest BCUT2D eigenvalue weighted by atomic mass is 10.1. The summed E-state index contributed by atoms with van der Waals surface area (Å²) in [7, 11) is 0. The van der Waals surface area contributed by atoms with E-state index in [-0.39, 0.29) is 11.5 Å². The van der Waals surface area contributed by atoms with Crippen molar-refractivity contribution in [2.45, 2.75) is 13.5 Å². The minimum absolute atomic E-state index is 0.132. The Hall–Kier alpha value is -3.86.